The summed E-state index contributed by atoms with van der Waals surface area (Å²) in [5.41, 5.74) is 0. The summed E-state index contributed by atoms with van der Waals surface area (Å²) in [5.74, 6) is -3.60. The third-order valence-electron chi connectivity index (χ3n) is 1.20. The van der Waals surface area contributed by atoms with Crippen molar-refractivity contribution in [2.45, 2.75) is 12.3 Å². The molecule has 0 saturated carbocycles. The molecule has 14 heavy (non-hydrogen) atoms. The van der Waals surface area contributed by atoms with Crippen molar-refractivity contribution in [1.29, 1.82) is 0 Å². The minimum atomic E-state index is -4.99. The molecule has 1 N–H and O–H groups in total. The topological polar surface area (TPSA) is 63.6 Å². The van der Waals surface area contributed by atoms with Gasteiger partial charge in [-0.3, -0.25) is 4.79 Å². The highest BCUT2D eigenvalue weighted by Gasteiger charge is 2.36. The number of methoxy groups -OCH3 is 1. The monoisotopic (exact) mass is 212 g/mol. The Bertz CT molecular complexity index is 256. The van der Waals surface area contributed by atoms with Crippen molar-refractivity contribution in [1.82, 2.24) is 0 Å². The van der Waals surface area contributed by atoms with E-state index in [0.29, 0.717) is 6.08 Å². The zero-order valence-corrected chi connectivity index (χ0v) is 7.04. The van der Waals surface area contributed by atoms with Gasteiger partial charge in [0.1, 0.15) is 0 Å². The van der Waals surface area contributed by atoms with E-state index in [4.69, 9.17) is 5.11 Å². The maximum absolute atomic E-state index is 11.6. The van der Waals surface area contributed by atoms with Crippen LogP contribution in [0.5, 0.6) is 0 Å². The Morgan fingerprint density at radius 1 is 1.43 bits per heavy atom. The molecule has 1 unspecified atom stereocenters. The largest absolute Gasteiger partial charge is 0.479 e. The first-order chi connectivity index (χ1) is 6.29. The first-order valence-corrected chi connectivity index (χ1v) is 3.34. The number of alkyl halides is 3. The van der Waals surface area contributed by atoms with Gasteiger partial charge in [0.15, 0.2) is 6.10 Å². The van der Waals surface area contributed by atoms with Crippen LogP contribution in [0.15, 0.2) is 12.2 Å². The molecule has 0 bridgehead atoms. The summed E-state index contributed by atoms with van der Waals surface area (Å²) >= 11 is 0. The second kappa shape index (κ2) is 4.75. The van der Waals surface area contributed by atoms with Crippen LogP contribution < -0.4 is 0 Å². The van der Waals surface area contributed by atoms with Gasteiger partial charge in [0.05, 0.1) is 0 Å². The molecule has 0 aliphatic rings. The van der Waals surface area contributed by atoms with Crippen LogP contribution in [0.4, 0.5) is 13.2 Å². The van der Waals surface area contributed by atoms with Gasteiger partial charge in [0.2, 0.25) is 0 Å². The first-order valence-electron chi connectivity index (χ1n) is 3.34. The lowest BCUT2D eigenvalue weighted by molar-refractivity contribution is -0.165. The smallest absolute Gasteiger partial charge is 0.454 e. The van der Waals surface area contributed by atoms with E-state index in [2.05, 4.69) is 4.74 Å². The molecule has 0 rings (SSSR count). The standard InChI is InChI=1S/C7H7F3O4/c1-14-4(6(12)13)2-3-5(11)7(8,9)10/h2-4H,1H3,(H,12,13). The molecule has 0 fully saturated rings. The molecular weight excluding hydrogens is 205 g/mol. The zero-order chi connectivity index (χ0) is 11.4. The molecule has 0 radical (unpaired) electrons. The number of halogens is 3. The molecule has 0 saturated heterocycles. The van der Waals surface area contributed by atoms with Crippen LogP contribution in [0, 0.1) is 0 Å². The quantitative estimate of drug-likeness (QED) is 0.699. The van der Waals surface area contributed by atoms with Crippen molar-refractivity contribution in [2.75, 3.05) is 7.11 Å². The van der Waals surface area contributed by atoms with E-state index in [1.54, 1.807) is 0 Å². The Morgan fingerprint density at radius 3 is 2.21 bits per heavy atom. The van der Waals surface area contributed by atoms with E-state index in [9.17, 15) is 22.8 Å². The van der Waals surface area contributed by atoms with E-state index in [-0.39, 0.29) is 6.08 Å². The Morgan fingerprint density at radius 2 is 1.93 bits per heavy atom. The van der Waals surface area contributed by atoms with Crippen LogP contribution in [0.25, 0.3) is 0 Å². The van der Waals surface area contributed by atoms with Crippen LogP contribution in [0.2, 0.25) is 0 Å². The first kappa shape index (κ1) is 12.6. The zero-order valence-electron chi connectivity index (χ0n) is 7.04. The number of rotatable bonds is 4. The SMILES string of the molecule is COC(C=CC(=O)C(F)(F)F)C(=O)O. The Hall–Kier alpha value is -1.37. The number of carbonyl (C=O) groups is 2. The summed E-state index contributed by atoms with van der Waals surface area (Å²) in [7, 11) is 1.00. The predicted octanol–water partition coefficient (Wildman–Crippen LogP) is 0.774. The van der Waals surface area contributed by atoms with Crippen LogP contribution in [0.3, 0.4) is 0 Å². The van der Waals surface area contributed by atoms with Crippen molar-refractivity contribution < 1.29 is 32.6 Å². The second-order valence-electron chi connectivity index (χ2n) is 2.22. The number of ketones is 1. The number of carbonyl (C=O) groups excluding carboxylic acids is 1. The van der Waals surface area contributed by atoms with Gasteiger partial charge in [-0.05, 0) is 12.2 Å². The summed E-state index contributed by atoms with van der Waals surface area (Å²) in [6, 6.07) is 0. The van der Waals surface area contributed by atoms with Crippen LogP contribution in [0.1, 0.15) is 0 Å². The minimum absolute atomic E-state index is 0.127. The van der Waals surface area contributed by atoms with Gasteiger partial charge in [0.25, 0.3) is 5.78 Å². The minimum Gasteiger partial charge on any atom is -0.479 e. The molecule has 0 spiro atoms. The Kier molecular flexibility index (Phi) is 4.29. The fourth-order valence-corrected chi connectivity index (χ4v) is 0.531. The van der Waals surface area contributed by atoms with Crippen molar-refractivity contribution in [3.05, 3.63) is 12.2 Å². The van der Waals surface area contributed by atoms with Crippen molar-refractivity contribution in [3.8, 4) is 0 Å². The molecule has 0 aromatic rings. The molecule has 7 heteroatoms. The maximum Gasteiger partial charge on any atom is 0.454 e. The number of allylic oxidation sites excluding steroid dienone is 1. The lowest BCUT2D eigenvalue weighted by atomic mass is 10.2. The lowest BCUT2D eigenvalue weighted by Gasteiger charge is -2.04. The highest BCUT2D eigenvalue weighted by atomic mass is 19.4. The van der Waals surface area contributed by atoms with E-state index in [1.165, 1.54) is 0 Å². The van der Waals surface area contributed by atoms with Gasteiger partial charge in [-0.2, -0.15) is 13.2 Å². The fourth-order valence-electron chi connectivity index (χ4n) is 0.531. The molecule has 0 heterocycles. The summed E-state index contributed by atoms with van der Waals surface area (Å²) in [4.78, 5) is 20.5. The molecule has 1 atom stereocenters. The van der Waals surface area contributed by atoms with Crippen molar-refractivity contribution in [3.63, 3.8) is 0 Å². The summed E-state index contributed by atoms with van der Waals surface area (Å²) in [6.07, 6.45) is -5.89. The predicted molar refractivity (Wildman–Crippen MR) is 38.6 cm³/mol. The van der Waals surface area contributed by atoms with Gasteiger partial charge in [-0.25, -0.2) is 4.79 Å². The Labute approximate surface area is 77.0 Å². The van der Waals surface area contributed by atoms with Gasteiger partial charge in [-0.15, -0.1) is 0 Å². The van der Waals surface area contributed by atoms with Crippen LogP contribution >= 0.6 is 0 Å². The average molecular weight is 212 g/mol. The third-order valence-corrected chi connectivity index (χ3v) is 1.20. The second-order valence-corrected chi connectivity index (χ2v) is 2.22. The number of ether oxygens (including phenoxy) is 1. The summed E-state index contributed by atoms with van der Waals surface area (Å²) < 4.78 is 39.1. The summed E-state index contributed by atoms with van der Waals surface area (Å²) in [6.45, 7) is 0. The van der Waals surface area contributed by atoms with Crippen LogP contribution in [-0.2, 0) is 14.3 Å². The van der Waals surface area contributed by atoms with Gasteiger partial charge in [0, 0.05) is 7.11 Å². The molecule has 0 aliphatic carbocycles. The summed E-state index contributed by atoms with van der Waals surface area (Å²) in [5, 5.41) is 8.32. The van der Waals surface area contributed by atoms with Crippen LogP contribution in [-0.4, -0.2) is 36.2 Å². The lowest BCUT2D eigenvalue weighted by Crippen LogP contribution is -2.23. The highest BCUT2D eigenvalue weighted by Crippen LogP contribution is 2.16. The Balaban J connectivity index is 4.43. The molecular formula is C7H7F3O4. The normalized spacial score (nSPS) is 14.3. The maximum atomic E-state index is 11.6. The van der Waals surface area contributed by atoms with Gasteiger partial charge >= 0.3 is 12.1 Å². The van der Waals surface area contributed by atoms with E-state index in [0.717, 1.165) is 7.11 Å². The molecule has 0 aromatic heterocycles. The van der Waals surface area contributed by atoms with Gasteiger partial charge < -0.3 is 9.84 Å². The van der Waals surface area contributed by atoms with Crippen molar-refractivity contribution in [2.24, 2.45) is 0 Å². The fraction of sp³-hybridized carbons (Fsp3) is 0.429. The number of carboxylic acid groups (broad SMARTS) is 1. The highest BCUT2D eigenvalue weighted by molar-refractivity contribution is 5.95. The molecule has 80 valence electrons. The van der Waals surface area contributed by atoms with Gasteiger partial charge in [-0.1, -0.05) is 0 Å². The molecule has 0 amide bonds. The van der Waals surface area contributed by atoms with E-state index < -0.39 is 24.0 Å². The van der Waals surface area contributed by atoms with E-state index in [1.807, 2.05) is 0 Å². The van der Waals surface area contributed by atoms with Crippen molar-refractivity contribution >= 4 is 11.8 Å². The number of hydrogen-bond acceptors (Lipinski definition) is 3. The molecule has 0 aliphatic heterocycles. The van der Waals surface area contributed by atoms with E-state index >= 15 is 0 Å². The molecule has 0 aromatic carbocycles. The molecule has 4 nitrogen and oxygen atoms in total. The average Bonchev–Trinajstić information content (AvgIpc) is 2.02. The number of hydrogen-bond donors (Lipinski definition) is 1. The number of aliphatic carboxylic acids is 1. The third kappa shape index (κ3) is 4.04. The number of carboxylic acids is 1.